The lowest BCUT2D eigenvalue weighted by molar-refractivity contribution is 0.532. The molecule has 0 aliphatic carbocycles. The fraction of sp³-hybridized carbons (Fsp3) is 0.118. The van der Waals surface area contributed by atoms with Crippen LogP contribution in [0, 0.1) is 13.8 Å². The first kappa shape index (κ1) is 14.3. The van der Waals surface area contributed by atoms with Gasteiger partial charge in [-0.25, -0.2) is 0 Å². The highest BCUT2D eigenvalue weighted by molar-refractivity contribution is 5.70. The third kappa shape index (κ3) is 2.67. The molecular weight excluding hydrogens is 306 g/mol. The molecule has 0 unspecified atom stereocenters. The first-order valence-electron chi connectivity index (χ1n) is 7.35. The van der Waals surface area contributed by atoms with Gasteiger partial charge in [-0.1, -0.05) is 12.1 Å². The van der Waals surface area contributed by atoms with E-state index >= 15 is 0 Å². The Bertz CT molecular complexity index is 988. The van der Waals surface area contributed by atoms with E-state index in [0.29, 0.717) is 23.6 Å². The van der Waals surface area contributed by atoms with E-state index in [9.17, 15) is 0 Å². The molecular formula is C17H13N5O2. The highest BCUT2D eigenvalue weighted by atomic mass is 16.4. The van der Waals surface area contributed by atoms with Crippen molar-refractivity contribution in [3.05, 3.63) is 54.5 Å². The van der Waals surface area contributed by atoms with Crippen LogP contribution in [0.3, 0.4) is 0 Å². The topological polar surface area (TPSA) is 90.7 Å². The van der Waals surface area contributed by atoms with Gasteiger partial charge in [0.1, 0.15) is 0 Å². The van der Waals surface area contributed by atoms with Crippen molar-refractivity contribution < 1.29 is 8.83 Å². The number of benzene rings is 1. The van der Waals surface area contributed by atoms with Gasteiger partial charge in [0.15, 0.2) is 0 Å². The van der Waals surface area contributed by atoms with Gasteiger partial charge in [0.05, 0.1) is 5.56 Å². The van der Waals surface area contributed by atoms with Crippen molar-refractivity contribution in [2.24, 2.45) is 0 Å². The van der Waals surface area contributed by atoms with E-state index in [-0.39, 0.29) is 0 Å². The lowest BCUT2D eigenvalue weighted by atomic mass is 10.0. The normalized spacial score (nSPS) is 10.9. The molecule has 0 spiro atoms. The number of pyridine rings is 1. The van der Waals surface area contributed by atoms with Gasteiger partial charge in [-0.05, 0) is 23.8 Å². The molecule has 0 amide bonds. The number of hydrogen-bond donors (Lipinski definition) is 0. The minimum atomic E-state index is 0.458. The fourth-order valence-corrected chi connectivity index (χ4v) is 2.35. The molecule has 0 aliphatic heterocycles. The molecule has 0 saturated carbocycles. The molecule has 4 aromatic rings. The molecule has 0 atom stereocenters. The Morgan fingerprint density at radius 3 is 1.75 bits per heavy atom. The van der Waals surface area contributed by atoms with E-state index in [1.54, 1.807) is 26.2 Å². The van der Waals surface area contributed by atoms with E-state index < -0.39 is 0 Å². The summed E-state index contributed by atoms with van der Waals surface area (Å²) in [6.07, 6.45) is 3.49. The van der Waals surface area contributed by atoms with Crippen molar-refractivity contribution in [1.29, 1.82) is 0 Å². The van der Waals surface area contributed by atoms with E-state index in [1.165, 1.54) is 0 Å². The first-order chi connectivity index (χ1) is 11.7. The Balaban J connectivity index is 1.66. The molecule has 0 bridgehead atoms. The van der Waals surface area contributed by atoms with Gasteiger partial charge < -0.3 is 8.83 Å². The number of rotatable bonds is 3. The standard InChI is InChI=1S/C17H13N5O2/c1-10-19-21-16(23-10)13-5-3-12(4-6-13)14-7-15(9-18-8-14)17-22-20-11(2)24-17/h3-9H,1-2H3. The Labute approximate surface area is 137 Å². The molecule has 1 aromatic carbocycles. The van der Waals surface area contributed by atoms with Crippen LogP contribution in [0.15, 0.2) is 51.6 Å². The third-order valence-electron chi connectivity index (χ3n) is 3.50. The van der Waals surface area contributed by atoms with Crippen LogP contribution in [-0.2, 0) is 0 Å². The second-order valence-electron chi connectivity index (χ2n) is 5.29. The first-order valence-corrected chi connectivity index (χ1v) is 7.35. The predicted octanol–water partition coefficient (Wildman–Crippen LogP) is 3.47. The van der Waals surface area contributed by atoms with Crippen LogP contribution in [0.25, 0.3) is 34.0 Å². The van der Waals surface area contributed by atoms with Crippen LogP contribution in [0.2, 0.25) is 0 Å². The molecule has 0 N–H and O–H groups in total. The maximum Gasteiger partial charge on any atom is 0.249 e. The average Bonchev–Trinajstić information content (AvgIpc) is 3.24. The summed E-state index contributed by atoms with van der Waals surface area (Å²) in [5.74, 6) is 2.03. The summed E-state index contributed by atoms with van der Waals surface area (Å²) < 4.78 is 10.9. The van der Waals surface area contributed by atoms with E-state index in [2.05, 4.69) is 25.4 Å². The number of aryl methyl sites for hydroxylation is 2. The molecule has 3 heterocycles. The highest BCUT2D eigenvalue weighted by Crippen LogP contribution is 2.26. The van der Waals surface area contributed by atoms with Crippen LogP contribution >= 0.6 is 0 Å². The zero-order chi connectivity index (χ0) is 16.5. The van der Waals surface area contributed by atoms with Gasteiger partial charge in [-0.2, -0.15) is 0 Å². The number of nitrogens with zero attached hydrogens (tertiary/aromatic N) is 5. The molecule has 7 nitrogen and oxygen atoms in total. The smallest absolute Gasteiger partial charge is 0.249 e. The van der Waals surface area contributed by atoms with Crippen LogP contribution in [0.5, 0.6) is 0 Å². The van der Waals surface area contributed by atoms with Crippen LogP contribution in [-0.4, -0.2) is 25.4 Å². The summed E-state index contributed by atoms with van der Waals surface area (Å²) in [6, 6.07) is 9.80. The number of aromatic nitrogens is 5. The monoisotopic (exact) mass is 319 g/mol. The van der Waals surface area contributed by atoms with Crippen LogP contribution in [0.4, 0.5) is 0 Å². The Morgan fingerprint density at radius 1 is 0.625 bits per heavy atom. The molecule has 118 valence electrons. The summed E-state index contributed by atoms with van der Waals surface area (Å²) in [7, 11) is 0. The summed E-state index contributed by atoms with van der Waals surface area (Å²) in [5, 5.41) is 15.7. The minimum Gasteiger partial charge on any atom is -0.421 e. The Hall–Kier alpha value is -3.35. The minimum absolute atomic E-state index is 0.458. The van der Waals surface area contributed by atoms with Gasteiger partial charge in [-0.3, -0.25) is 4.98 Å². The molecule has 0 aliphatic rings. The van der Waals surface area contributed by atoms with Crippen LogP contribution < -0.4 is 0 Å². The van der Waals surface area contributed by atoms with Gasteiger partial charge in [0.2, 0.25) is 23.6 Å². The summed E-state index contributed by atoms with van der Waals surface area (Å²) in [5.41, 5.74) is 3.62. The predicted molar refractivity (Wildman–Crippen MR) is 85.7 cm³/mol. The summed E-state index contributed by atoms with van der Waals surface area (Å²) in [4.78, 5) is 4.26. The van der Waals surface area contributed by atoms with Crippen molar-refractivity contribution in [3.8, 4) is 34.0 Å². The second kappa shape index (κ2) is 5.69. The maximum absolute atomic E-state index is 5.45. The zero-order valence-electron chi connectivity index (χ0n) is 13.1. The summed E-state index contributed by atoms with van der Waals surface area (Å²) >= 11 is 0. The van der Waals surface area contributed by atoms with Gasteiger partial charge in [-0.15, -0.1) is 20.4 Å². The highest BCUT2D eigenvalue weighted by Gasteiger charge is 2.09. The van der Waals surface area contributed by atoms with Crippen molar-refractivity contribution >= 4 is 0 Å². The van der Waals surface area contributed by atoms with Crippen molar-refractivity contribution in [2.75, 3.05) is 0 Å². The average molecular weight is 319 g/mol. The SMILES string of the molecule is Cc1nnc(-c2ccc(-c3cncc(-c4nnc(C)o4)c3)cc2)o1. The van der Waals surface area contributed by atoms with Gasteiger partial charge in [0.25, 0.3) is 0 Å². The zero-order valence-corrected chi connectivity index (χ0v) is 13.1. The Morgan fingerprint density at radius 2 is 1.17 bits per heavy atom. The number of hydrogen-bond acceptors (Lipinski definition) is 7. The molecule has 4 rings (SSSR count). The quantitative estimate of drug-likeness (QED) is 0.571. The molecule has 0 saturated heterocycles. The van der Waals surface area contributed by atoms with E-state index in [1.807, 2.05) is 30.3 Å². The van der Waals surface area contributed by atoms with Crippen molar-refractivity contribution in [1.82, 2.24) is 25.4 Å². The fourth-order valence-electron chi connectivity index (χ4n) is 2.35. The molecule has 0 radical (unpaired) electrons. The van der Waals surface area contributed by atoms with Crippen molar-refractivity contribution in [2.45, 2.75) is 13.8 Å². The molecule has 24 heavy (non-hydrogen) atoms. The molecule has 0 fully saturated rings. The van der Waals surface area contributed by atoms with E-state index in [4.69, 9.17) is 8.83 Å². The maximum atomic E-state index is 5.45. The third-order valence-corrected chi connectivity index (χ3v) is 3.50. The molecule has 3 aromatic heterocycles. The second-order valence-corrected chi connectivity index (χ2v) is 5.29. The van der Waals surface area contributed by atoms with Gasteiger partial charge >= 0.3 is 0 Å². The summed E-state index contributed by atoms with van der Waals surface area (Å²) in [6.45, 7) is 3.52. The lowest BCUT2D eigenvalue weighted by Crippen LogP contribution is -1.85. The van der Waals surface area contributed by atoms with Gasteiger partial charge in [0, 0.05) is 37.4 Å². The Kier molecular flexibility index (Phi) is 3.38. The van der Waals surface area contributed by atoms with E-state index in [0.717, 1.165) is 22.3 Å². The molecule has 7 heteroatoms. The van der Waals surface area contributed by atoms with Crippen molar-refractivity contribution in [3.63, 3.8) is 0 Å². The lowest BCUT2D eigenvalue weighted by Gasteiger charge is -2.03. The van der Waals surface area contributed by atoms with Crippen LogP contribution in [0.1, 0.15) is 11.8 Å². The largest absolute Gasteiger partial charge is 0.421 e.